The molecule has 0 rings (SSSR count). The van der Waals surface area contributed by atoms with Crippen LogP contribution in [0.3, 0.4) is 0 Å². The molecule has 0 saturated carbocycles. The molecule has 1 atom stereocenters. The minimum absolute atomic E-state index is 0.281. The summed E-state index contributed by atoms with van der Waals surface area (Å²) in [5, 5.41) is 9.38. The molecular weight excluding hydrogens is 359 g/mol. The van der Waals surface area contributed by atoms with Crippen LogP contribution in [0.2, 0.25) is 0 Å². The maximum absolute atomic E-state index is 11.5. The van der Waals surface area contributed by atoms with E-state index >= 15 is 0 Å². The Kier molecular flexibility index (Phi) is 16.0. The third kappa shape index (κ3) is 19.6. The normalized spacial score (nSPS) is 13.2. The van der Waals surface area contributed by atoms with Gasteiger partial charge < -0.3 is 19.6 Å². The van der Waals surface area contributed by atoms with E-state index in [1.165, 1.54) is 32.1 Å². The maximum atomic E-state index is 11.5. The zero-order valence-electron chi connectivity index (χ0n) is 15.8. The molecule has 0 radical (unpaired) electrons. The van der Waals surface area contributed by atoms with E-state index in [2.05, 4.69) is 23.6 Å². The molecule has 0 aliphatic heterocycles. The zero-order valence-corrected chi connectivity index (χ0v) is 16.7. The summed E-state index contributed by atoms with van der Waals surface area (Å²) in [5.74, 6) is -0.421. The number of hydrogen-bond donors (Lipinski definition) is 3. The monoisotopic (exact) mass is 394 g/mol. The Balaban J connectivity index is 3.42. The highest BCUT2D eigenvalue weighted by atomic mass is 31.2. The van der Waals surface area contributed by atoms with Crippen LogP contribution >= 0.6 is 7.82 Å². The van der Waals surface area contributed by atoms with E-state index in [1.54, 1.807) is 0 Å². The lowest BCUT2D eigenvalue weighted by molar-refractivity contribution is -0.147. The van der Waals surface area contributed by atoms with Crippen LogP contribution in [0.15, 0.2) is 12.2 Å². The van der Waals surface area contributed by atoms with Crippen LogP contribution in [-0.2, 0) is 18.6 Å². The first-order chi connectivity index (χ1) is 12.3. The molecule has 0 saturated heterocycles. The van der Waals surface area contributed by atoms with Gasteiger partial charge in [-0.1, -0.05) is 51.2 Å². The van der Waals surface area contributed by atoms with E-state index in [4.69, 9.17) is 14.5 Å². The van der Waals surface area contributed by atoms with Crippen LogP contribution in [0.1, 0.15) is 77.6 Å². The van der Waals surface area contributed by atoms with Crippen molar-refractivity contribution in [1.29, 1.82) is 0 Å². The summed E-state index contributed by atoms with van der Waals surface area (Å²) in [5.41, 5.74) is 0. The minimum atomic E-state index is -4.61. The highest BCUT2D eigenvalue weighted by Gasteiger charge is 2.17. The molecule has 3 N–H and O–H groups in total. The maximum Gasteiger partial charge on any atom is 0.469 e. The van der Waals surface area contributed by atoms with Gasteiger partial charge in [-0.2, -0.15) is 0 Å². The largest absolute Gasteiger partial charge is 0.469 e. The Labute approximate surface area is 157 Å². The molecule has 0 aliphatic carbocycles. The average Bonchev–Trinajstić information content (AvgIpc) is 2.58. The first-order valence-electron chi connectivity index (χ1n) is 9.54. The molecule has 0 heterocycles. The van der Waals surface area contributed by atoms with Crippen molar-refractivity contribution in [3.8, 4) is 0 Å². The van der Waals surface area contributed by atoms with E-state index in [1.807, 2.05) is 0 Å². The fraction of sp³-hybridized carbons (Fsp3) is 0.833. The van der Waals surface area contributed by atoms with Gasteiger partial charge in [-0.15, -0.1) is 0 Å². The molecule has 0 bridgehead atoms. The van der Waals surface area contributed by atoms with Crippen molar-refractivity contribution < 1.29 is 33.5 Å². The molecular formula is C18H35O7P. The molecule has 8 heteroatoms. The molecule has 154 valence electrons. The van der Waals surface area contributed by atoms with Gasteiger partial charge in [0.1, 0.15) is 12.7 Å². The number of aliphatic hydroxyl groups is 1. The topological polar surface area (TPSA) is 113 Å². The van der Waals surface area contributed by atoms with Gasteiger partial charge in [-0.25, -0.2) is 4.57 Å². The fourth-order valence-corrected chi connectivity index (χ4v) is 2.67. The average molecular weight is 394 g/mol. The number of unbranched alkanes of at least 4 members (excludes halogenated alkanes) is 8. The van der Waals surface area contributed by atoms with Crippen molar-refractivity contribution >= 4 is 13.8 Å². The van der Waals surface area contributed by atoms with Gasteiger partial charge >= 0.3 is 13.8 Å². The van der Waals surface area contributed by atoms with Gasteiger partial charge in [0.05, 0.1) is 6.61 Å². The van der Waals surface area contributed by atoms with E-state index in [-0.39, 0.29) is 13.0 Å². The summed E-state index contributed by atoms with van der Waals surface area (Å²) in [6, 6.07) is 0. The number of rotatable bonds is 17. The number of allylic oxidation sites excluding steroid dienone is 2. The SMILES string of the molecule is CCCCC/C=C\CCCCCCCC(=O)OCC(O)COP(=O)(O)O. The molecule has 26 heavy (non-hydrogen) atoms. The third-order valence-electron chi connectivity index (χ3n) is 3.76. The smallest absolute Gasteiger partial charge is 0.463 e. The number of ether oxygens (including phenoxy) is 1. The first-order valence-corrected chi connectivity index (χ1v) is 11.1. The first kappa shape index (κ1) is 25.3. The quantitative estimate of drug-likeness (QED) is 0.148. The molecule has 7 nitrogen and oxygen atoms in total. The molecule has 0 aromatic rings. The summed E-state index contributed by atoms with van der Waals surface area (Å²) in [7, 11) is -4.61. The Hall–Kier alpha value is -0.720. The molecule has 0 aliphatic rings. The van der Waals surface area contributed by atoms with Crippen molar-refractivity contribution in [2.45, 2.75) is 83.7 Å². The Morgan fingerprint density at radius 2 is 1.54 bits per heavy atom. The number of carbonyl (C=O) groups is 1. The van der Waals surface area contributed by atoms with E-state index in [0.717, 1.165) is 32.1 Å². The van der Waals surface area contributed by atoms with Gasteiger partial charge in [-0.05, 0) is 32.1 Å². The fourth-order valence-electron chi connectivity index (χ4n) is 2.30. The van der Waals surface area contributed by atoms with Gasteiger partial charge in [0, 0.05) is 6.42 Å². The molecule has 0 spiro atoms. The number of esters is 1. The van der Waals surface area contributed by atoms with E-state index in [0.29, 0.717) is 0 Å². The van der Waals surface area contributed by atoms with Crippen molar-refractivity contribution in [1.82, 2.24) is 0 Å². The summed E-state index contributed by atoms with van der Waals surface area (Å²) >= 11 is 0. The van der Waals surface area contributed by atoms with Crippen LogP contribution in [0.25, 0.3) is 0 Å². The van der Waals surface area contributed by atoms with Gasteiger partial charge in [0.25, 0.3) is 0 Å². The highest BCUT2D eigenvalue weighted by molar-refractivity contribution is 7.46. The summed E-state index contributed by atoms with van der Waals surface area (Å²) in [4.78, 5) is 28.5. The van der Waals surface area contributed by atoms with Crippen LogP contribution in [0.4, 0.5) is 0 Å². The number of hydrogen-bond acceptors (Lipinski definition) is 5. The van der Waals surface area contributed by atoms with Crippen molar-refractivity contribution in [3.05, 3.63) is 12.2 Å². The molecule has 0 fully saturated rings. The molecule has 0 aromatic heterocycles. The molecule has 0 aromatic carbocycles. The van der Waals surface area contributed by atoms with Gasteiger partial charge in [-0.3, -0.25) is 9.32 Å². The summed E-state index contributed by atoms with van der Waals surface area (Å²) in [6.07, 6.45) is 14.8. The Bertz CT molecular complexity index is 420. The summed E-state index contributed by atoms with van der Waals surface area (Å²) in [6.45, 7) is 1.30. The highest BCUT2D eigenvalue weighted by Crippen LogP contribution is 2.35. The van der Waals surface area contributed by atoms with Crippen LogP contribution < -0.4 is 0 Å². The molecule has 1 unspecified atom stereocenters. The number of phosphoric ester groups is 1. The second kappa shape index (κ2) is 16.5. The predicted octanol–water partition coefficient (Wildman–Crippen LogP) is 3.87. The zero-order chi connectivity index (χ0) is 19.7. The predicted molar refractivity (Wildman–Crippen MR) is 101 cm³/mol. The Morgan fingerprint density at radius 3 is 2.15 bits per heavy atom. The lowest BCUT2D eigenvalue weighted by Crippen LogP contribution is -2.23. The number of carbonyl (C=O) groups excluding carboxylic acids is 1. The lowest BCUT2D eigenvalue weighted by atomic mass is 10.1. The Morgan fingerprint density at radius 1 is 0.962 bits per heavy atom. The van der Waals surface area contributed by atoms with Crippen LogP contribution in [0, 0.1) is 0 Å². The standard InChI is InChI=1S/C18H35O7P/c1-2-3-4-5-6-7-8-9-10-11-12-13-14-18(20)24-15-17(19)16-25-26(21,22)23/h6-7,17,19H,2-5,8-16H2,1H3,(H2,21,22,23)/b7-6-. The number of aliphatic hydroxyl groups excluding tert-OH is 1. The number of phosphoric acid groups is 1. The second-order valence-corrected chi connectivity index (χ2v) is 7.64. The second-order valence-electron chi connectivity index (χ2n) is 6.40. The van der Waals surface area contributed by atoms with Crippen LogP contribution in [-0.4, -0.2) is 40.2 Å². The van der Waals surface area contributed by atoms with E-state index in [9.17, 15) is 14.5 Å². The lowest BCUT2D eigenvalue weighted by Gasteiger charge is -2.12. The van der Waals surface area contributed by atoms with Crippen molar-refractivity contribution in [3.63, 3.8) is 0 Å². The minimum Gasteiger partial charge on any atom is -0.463 e. The molecule has 0 amide bonds. The third-order valence-corrected chi connectivity index (χ3v) is 4.25. The van der Waals surface area contributed by atoms with Gasteiger partial charge in [0.15, 0.2) is 0 Å². The van der Waals surface area contributed by atoms with Crippen molar-refractivity contribution in [2.24, 2.45) is 0 Å². The van der Waals surface area contributed by atoms with E-state index < -0.39 is 26.5 Å². The van der Waals surface area contributed by atoms with Gasteiger partial charge in [0.2, 0.25) is 0 Å². The summed E-state index contributed by atoms with van der Waals surface area (Å²) < 4.78 is 19.4. The van der Waals surface area contributed by atoms with Crippen LogP contribution in [0.5, 0.6) is 0 Å². The van der Waals surface area contributed by atoms with Crippen molar-refractivity contribution in [2.75, 3.05) is 13.2 Å².